The van der Waals surface area contributed by atoms with E-state index in [1.807, 2.05) is 18.2 Å². The number of likely N-dealkylation sites (tertiary alicyclic amines) is 1. The zero-order valence-corrected chi connectivity index (χ0v) is 13.7. The predicted octanol–water partition coefficient (Wildman–Crippen LogP) is 1.68. The first-order valence-corrected chi connectivity index (χ1v) is 9.06. The Bertz CT molecular complexity index is 748. The van der Waals surface area contributed by atoms with Crippen LogP contribution in [0.1, 0.15) is 18.5 Å². The van der Waals surface area contributed by atoms with Gasteiger partial charge in [0, 0.05) is 18.5 Å². The Morgan fingerprint density at radius 1 is 1.32 bits per heavy atom. The smallest absolute Gasteiger partial charge is 0.220 e. The number of benzene rings is 1. The standard InChI is InChI=1S/C15H21N3O3S/c1-17-9-7-12(8-10-17)18(2)22(19,20)11-14-13-5-3-4-6-15(13)21-16-14/h3-6,12H,7-11H2,1-2H3. The lowest BCUT2D eigenvalue weighted by Crippen LogP contribution is -2.44. The normalized spacial score (nSPS) is 18.3. The largest absolute Gasteiger partial charge is 0.356 e. The summed E-state index contributed by atoms with van der Waals surface area (Å²) in [4.78, 5) is 2.22. The molecule has 0 unspecified atom stereocenters. The van der Waals surface area contributed by atoms with Crippen LogP contribution in [0.2, 0.25) is 0 Å². The monoisotopic (exact) mass is 323 g/mol. The van der Waals surface area contributed by atoms with E-state index in [1.165, 1.54) is 4.31 Å². The minimum Gasteiger partial charge on any atom is -0.356 e. The average Bonchev–Trinajstić information content (AvgIpc) is 2.90. The lowest BCUT2D eigenvalue weighted by Gasteiger charge is -2.34. The molecule has 1 fully saturated rings. The van der Waals surface area contributed by atoms with Gasteiger partial charge in [0.25, 0.3) is 0 Å². The Balaban J connectivity index is 1.78. The van der Waals surface area contributed by atoms with Crippen LogP contribution in [0, 0.1) is 0 Å². The van der Waals surface area contributed by atoms with Gasteiger partial charge in [-0.1, -0.05) is 17.3 Å². The zero-order valence-electron chi connectivity index (χ0n) is 12.9. The lowest BCUT2D eigenvalue weighted by atomic mass is 10.1. The number of fused-ring (bicyclic) bond motifs is 1. The molecule has 22 heavy (non-hydrogen) atoms. The Hall–Kier alpha value is -1.44. The Labute approximate surface area is 130 Å². The van der Waals surface area contributed by atoms with Gasteiger partial charge in [-0.05, 0) is 45.1 Å². The van der Waals surface area contributed by atoms with E-state index in [-0.39, 0.29) is 11.8 Å². The Morgan fingerprint density at radius 2 is 2.00 bits per heavy atom. The fraction of sp³-hybridized carbons (Fsp3) is 0.533. The highest BCUT2D eigenvalue weighted by Crippen LogP contribution is 2.23. The summed E-state index contributed by atoms with van der Waals surface area (Å²) in [7, 11) is 0.336. The van der Waals surface area contributed by atoms with Crippen molar-refractivity contribution in [3.63, 3.8) is 0 Å². The SMILES string of the molecule is CN1CCC(N(C)S(=O)(=O)Cc2noc3ccccc23)CC1. The summed E-state index contributed by atoms with van der Waals surface area (Å²) in [5.41, 5.74) is 1.10. The van der Waals surface area contributed by atoms with Gasteiger partial charge in [0.15, 0.2) is 5.58 Å². The van der Waals surface area contributed by atoms with Crippen molar-refractivity contribution in [3.05, 3.63) is 30.0 Å². The maximum atomic E-state index is 12.7. The molecule has 1 aromatic carbocycles. The van der Waals surface area contributed by atoms with Gasteiger partial charge >= 0.3 is 0 Å². The van der Waals surface area contributed by atoms with Crippen LogP contribution >= 0.6 is 0 Å². The van der Waals surface area contributed by atoms with E-state index in [0.29, 0.717) is 11.3 Å². The van der Waals surface area contributed by atoms with Gasteiger partial charge < -0.3 is 9.42 Å². The van der Waals surface area contributed by atoms with E-state index >= 15 is 0 Å². The average molecular weight is 323 g/mol. The van der Waals surface area contributed by atoms with Crippen LogP contribution < -0.4 is 0 Å². The maximum Gasteiger partial charge on any atom is 0.220 e. The summed E-state index contributed by atoms with van der Waals surface area (Å²) in [5.74, 6) is -0.118. The van der Waals surface area contributed by atoms with Gasteiger partial charge in [0.1, 0.15) is 11.4 Å². The second kappa shape index (κ2) is 5.98. The van der Waals surface area contributed by atoms with Crippen molar-refractivity contribution in [2.24, 2.45) is 0 Å². The fourth-order valence-corrected chi connectivity index (χ4v) is 4.32. The molecule has 2 aromatic rings. The molecule has 120 valence electrons. The molecule has 0 bridgehead atoms. The van der Waals surface area contributed by atoms with E-state index < -0.39 is 10.0 Å². The molecule has 0 aliphatic carbocycles. The Kier molecular flexibility index (Phi) is 4.20. The predicted molar refractivity (Wildman–Crippen MR) is 84.9 cm³/mol. The highest BCUT2D eigenvalue weighted by Gasteiger charge is 2.30. The molecule has 0 radical (unpaired) electrons. The zero-order chi connectivity index (χ0) is 15.7. The van der Waals surface area contributed by atoms with E-state index in [4.69, 9.17) is 4.52 Å². The van der Waals surface area contributed by atoms with Crippen molar-refractivity contribution in [1.82, 2.24) is 14.4 Å². The molecule has 0 atom stereocenters. The molecular formula is C15H21N3O3S. The number of hydrogen-bond donors (Lipinski definition) is 0. The van der Waals surface area contributed by atoms with E-state index in [2.05, 4.69) is 17.1 Å². The van der Waals surface area contributed by atoms with Crippen molar-refractivity contribution in [2.75, 3.05) is 27.2 Å². The lowest BCUT2D eigenvalue weighted by molar-refractivity contribution is 0.197. The topological polar surface area (TPSA) is 66.7 Å². The number of piperidine rings is 1. The first-order chi connectivity index (χ1) is 10.5. The first kappa shape index (κ1) is 15.5. The molecule has 2 heterocycles. The van der Waals surface area contributed by atoms with Crippen molar-refractivity contribution in [1.29, 1.82) is 0 Å². The molecule has 1 aliphatic rings. The van der Waals surface area contributed by atoms with E-state index in [0.717, 1.165) is 31.3 Å². The van der Waals surface area contributed by atoms with Gasteiger partial charge in [-0.25, -0.2) is 12.7 Å². The van der Waals surface area contributed by atoms with Crippen molar-refractivity contribution < 1.29 is 12.9 Å². The van der Waals surface area contributed by atoms with Crippen LogP contribution in [-0.4, -0.2) is 56.0 Å². The van der Waals surface area contributed by atoms with Crippen molar-refractivity contribution in [2.45, 2.75) is 24.6 Å². The third kappa shape index (κ3) is 3.02. The van der Waals surface area contributed by atoms with Crippen molar-refractivity contribution in [3.8, 4) is 0 Å². The van der Waals surface area contributed by atoms with Gasteiger partial charge in [-0.2, -0.15) is 0 Å². The van der Waals surface area contributed by atoms with Crippen LogP contribution in [0.5, 0.6) is 0 Å². The molecule has 1 aliphatic heterocycles. The maximum absolute atomic E-state index is 12.7. The molecular weight excluding hydrogens is 302 g/mol. The van der Waals surface area contributed by atoms with Crippen LogP contribution in [0.25, 0.3) is 11.0 Å². The fourth-order valence-electron chi connectivity index (χ4n) is 2.90. The molecule has 3 rings (SSSR count). The second-order valence-corrected chi connectivity index (χ2v) is 7.96. The Morgan fingerprint density at radius 3 is 2.73 bits per heavy atom. The summed E-state index contributed by atoms with van der Waals surface area (Å²) >= 11 is 0. The molecule has 6 nitrogen and oxygen atoms in total. The number of nitrogens with zero attached hydrogens (tertiary/aromatic N) is 3. The second-order valence-electron chi connectivity index (χ2n) is 5.93. The van der Waals surface area contributed by atoms with Crippen LogP contribution in [-0.2, 0) is 15.8 Å². The molecule has 0 N–H and O–H groups in total. The quantitative estimate of drug-likeness (QED) is 0.856. The molecule has 0 saturated carbocycles. The van der Waals surface area contributed by atoms with Gasteiger partial charge in [-0.15, -0.1) is 0 Å². The number of para-hydroxylation sites is 1. The minimum absolute atomic E-state index is 0.0689. The molecule has 0 amide bonds. The first-order valence-electron chi connectivity index (χ1n) is 7.45. The van der Waals surface area contributed by atoms with Gasteiger partial charge in [0.05, 0.1) is 0 Å². The molecule has 1 aromatic heterocycles. The van der Waals surface area contributed by atoms with E-state index in [1.54, 1.807) is 13.1 Å². The number of sulfonamides is 1. The number of rotatable bonds is 4. The minimum atomic E-state index is -3.40. The third-order valence-electron chi connectivity index (χ3n) is 4.41. The summed E-state index contributed by atoms with van der Waals surface area (Å²) in [6.07, 6.45) is 1.73. The third-order valence-corrected chi connectivity index (χ3v) is 6.23. The van der Waals surface area contributed by atoms with Gasteiger partial charge in [0.2, 0.25) is 10.0 Å². The summed E-state index contributed by atoms with van der Waals surface area (Å²) < 4.78 is 32.0. The van der Waals surface area contributed by atoms with E-state index in [9.17, 15) is 8.42 Å². The van der Waals surface area contributed by atoms with Crippen LogP contribution in [0.4, 0.5) is 0 Å². The van der Waals surface area contributed by atoms with Gasteiger partial charge in [-0.3, -0.25) is 0 Å². The van der Waals surface area contributed by atoms with Crippen LogP contribution in [0.15, 0.2) is 28.8 Å². The highest BCUT2D eigenvalue weighted by atomic mass is 32.2. The van der Waals surface area contributed by atoms with Crippen LogP contribution in [0.3, 0.4) is 0 Å². The molecule has 7 heteroatoms. The molecule has 0 spiro atoms. The van der Waals surface area contributed by atoms with Crippen molar-refractivity contribution >= 4 is 21.0 Å². The summed E-state index contributed by atoms with van der Waals surface area (Å²) in [5, 5.41) is 4.70. The summed E-state index contributed by atoms with van der Waals surface area (Å²) in [6, 6.07) is 7.40. The highest BCUT2D eigenvalue weighted by molar-refractivity contribution is 7.88. The summed E-state index contributed by atoms with van der Waals surface area (Å²) in [6.45, 7) is 1.86. The number of aromatic nitrogens is 1. The number of hydrogen-bond acceptors (Lipinski definition) is 5. The molecule has 1 saturated heterocycles.